The molecule has 1 amide bonds. The topological polar surface area (TPSA) is 73.4 Å². The highest BCUT2D eigenvalue weighted by Gasteiger charge is 2.29. The highest BCUT2D eigenvalue weighted by atomic mass is 16.5. The zero-order chi connectivity index (χ0) is 23.9. The second kappa shape index (κ2) is 8.43. The van der Waals surface area contributed by atoms with Gasteiger partial charge in [0.1, 0.15) is 11.3 Å². The van der Waals surface area contributed by atoms with Crippen molar-refractivity contribution in [1.82, 2.24) is 19.7 Å². The van der Waals surface area contributed by atoms with Gasteiger partial charge in [0.15, 0.2) is 0 Å². The largest absolute Gasteiger partial charge is 0.496 e. The maximum Gasteiger partial charge on any atom is 0.258 e. The molecule has 7 nitrogen and oxygen atoms in total. The Morgan fingerprint density at radius 1 is 1.06 bits per heavy atom. The lowest BCUT2D eigenvalue weighted by Gasteiger charge is -2.30. The van der Waals surface area contributed by atoms with E-state index in [4.69, 9.17) is 9.15 Å². The van der Waals surface area contributed by atoms with E-state index in [0.717, 1.165) is 50.8 Å². The van der Waals surface area contributed by atoms with Gasteiger partial charge in [0.2, 0.25) is 0 Å². The van der Waals surface area contributed by atoms with Gasteiger partial charge in [-0.05, 0) is 65.1 Å². The zero-order valence-corrected chi connectivity index (χ0v) is 19.6. The number of aromatic nitrogens is 3. The first kappa shape index (κ1) is 21.2. The predicted molar refractivity (Wildman–Crippen MR) is 133 cm³/mol. The molecule has 3 aromatic heterocycles. The molecule has 0 saturated heterocycles. The van der Waals surface area contributed by atoms with Gasteiger partial charge in [0.25, 0.3) is 5.91 Å². The number of amides is 1. The smallest absolute Gasteiger partial charge is 0.258 e. The van der Waals surface area contributed by atoms with Crippen LogP contribution in [-0.2, 0) is 20.0 Å². The Hall–Kier alpha value is -4.39. The van der Waals surface area contributed by atoms with Crippen LogP contribution in [0.4, 0.5) is 0 Å². The minimum atomic E-state index is -0.00961. The molecule has 7 heteroatoms. The summed E-state index contributed by atoms with van der Waals surface area (Å²) in [6.45, 7) is 1.21. The summed E-state index contributed by atoms with van der Waals surface area (Å²) in [7, 11) is 3.52. The number of furan rings is 1. The van der Waals surface area contributed by atoms with Gasteiger partial charge in [0.05, 0.1) is 25.1 Å². The summed E-state index contributed by atoms with van der Waals surface area (Å²) in [5.74, 6) is 0.577. The highest BCUT2D eigenvalue weighted by Crippen LogP contribution is 2.38. The molecule has 35 heavy (non-hydrogen) atoms. The van der Waals surface area contributed by atoms with Crippen LogP contribution in [0.2, 0.25) is 0 Å². The Balaban J connectivity index is 1.35. The van der Waals surface area contributed by atoms with Crippen LogP contribution in [0.5, 0.6) is 5.75 Å². The van der Waals surface area contributed by atoms with Gasteiger partial charge in [-0.15, -0.1) is 0 Å². The van der Waals surface area contributed by atoms with E-state index in [0.29, 0.717) is 24.4 Å². The van der Waals surface area contributed by atoms with Gasteiger partial charge in [-0.2, -0.15) is 5.10 Å². The number of pyridine rings is 1. The van der Waals surface area contributed by atoms with E-state index in [9.17, 15) is 4.79 Å². The fourth-order valence-electron chi connectivity index (χ4n) is 4.81. The van der Waals surface area contributed by atoms with Gasteiger partial charge in [-0.1, -0.05) is 6.07 Å². The van der Waals surface area contributed by atoms with Crippen molar-refractivity contribution in [1.29, 1.82) is 0 Å². The number of aryl methyl sites for hydroxylation is 1. The number of carbonyl (C=O) groups is 1. The van der Waals surface area contributed by atoms with E-state index in [2.05, 4.69) is 28.3 Å². The lowest BCUT2D eigenvalue weighted by molar-refractivity contribution is 0.0723. The van der Waals surface area contributed by atoms with Crippen molar-refractivity contribution in [2.24, 2.45) is 7.05 Å². The van der Waals surface area contributed by atoms with Crippen LogP contribution in [-0.4, -0.2) is 39.2 Å². The third-order valence-electron chi connectivity index (χ3n) is 6.60. The molecule has 174 valence electrons. The molecule has 4 heterocycles. The number of rotatable bonds is 5. The lowest BCUT2D eigenvalue weighted by Crippen LogP contribution is -2.37. The summed E-state index contributed by atoms with van der Waals surface area (Å²) >= 11 is 0. The molecular weight excluding hydrogens is 440 g/mol. The van der Waals surface area contributed by atoms with Gasteiger partial charge in [-0.25, -0.2) is 0 Å². The molecular formula is C28H24N4O3. The van der Waals surface area contributed by atoms with Crippen molar-refractivity contribution in [2.45, 2.75) is 13.0 Å². The summed E-state index contributed by atoms with van der Waals surface area (Å²) in [5.41, 5.74) is 7.54. The van der Waals surface area contributed by atoms with Crippen molar-refractivity contribution >= 4 is 16.9 Å². The van der Waals surface area contributed by atoms with E-state index in [1.807, 2.05) is 48.6 Å². The van der Waals surface area contributed by atoms with Crippen molar-refractivity contribution < 1.29 is 13.9 Å². The Bertz CT molecular complexity index is 1530. The number of nitrogens with zero attached hydrogens (tertiary/aromatic N) is 4. The maximum atomic E-state index is 13.4. The molecule has 0 saturated carbocycles. The highest BCUT2D eigenvalue weighted by molar-refractivity contribution is 6.02. The fourth-order valence-corrected chi connectivity index (χ4v) is 4.81. The fraction of sp³-hybridized carbons (Fsp3) is 0.179. The lowest BCUT2D eigenvalue weighted by atomic mass is 9.92. The van der Waals surface area contributed by atoms with Crippen LogP contribution < -0.4 is 4.74 Å². The third kappa shape index (κ3) is 3.75. The summed E-state index contributed by atoms with van der Waals surface area (Å²) in [4.78, 5) is 19.3. The van der Waals surface area contributed by atoms with Gasteiger partial charge in [-0.3, -0.25) is 14.5 Å². The number of benzene rings is 2. The standard InChI is InChI=1S/C28H24N4O3/c1-31-16-22(14-30-31)19-3-4-23-24(17-35-25(23)12-19)21-11-20-7-10-32(15-18-5-8-29-9-6-18)28(33)27(20)26(13-21)34-2/h3-6,8-9,11-14,16-17H,7,10,15H2,1-2H3. The monoisotopic (exact) mass is 464 g/mol. The second-order valence-electron chi connectivity index (χ2n) is 8.81. The molecule has 1 aliphatic rings. The zero-order valence-electron chi connectivity index (χ0n) is 19.6. The minimum Gasteiger partial charge on any atom is -0.496 e. The Kier molecular flexibility index (Phi) is 5.10. The molecule has 5 aromatic rings. The van der Waals surface area contributed by atoms with E-state index in [1.165, 1.54) is 0 Å². The quantitative estimate of drug-likeness (QED) is 0.362. The molecule has 0 radical (unpaired) electrons. The predicted octanol–water partition coefficient (Wildman–Crippen LogP) is 5.10. The molecule has 0 atom stereocenters. The third-order valence-corrected chi connectivity index (χ3v) is 6.60. The number of carbonyl (C=O) groups excluding carboxylic acids is 1. The van der Waals surface area contributed by atoms with Crippen LogP contribution in [0.15, 0.2) is 77.9 Å². The van der Waals surface area contributed by atoms with Crippen molar-refractivity contribution in [2.75, 3.05) is 13.7 Å². The summed E-state index contributed by atoms with van der Waals surface area (Å²) in [6.07, 6.45) is 9.86. The average molecular weight is 465 g/mol. The molecule has 0 aliphatic carbocycles. The van der Waals surface area contributed by atoms with Crippen LogP contribution in [0, 0.1) is 0 Å². The van der Waals surface area contributed by atoms with Crippen LogP contribution >= 0.6 is 0 Å². The molecule has 2 aromatic carbocycles. The summed E-state index contributed by atoms with van der Waals surface area (Å²) in [5, 5.41) is 5.27. The normalized spacial score (nSPS) is 13.3. The first-order valence-electron chi connectivity index (χ1n) is 11.5. The molecule has 0 N–H and O–H groups in total. The second-order valence-corrected chi connectivity index (χ2v) is 8.81. The van der Waals surface area contributed by atoms with Crippen molar-refractivity contribution in [3.05, 3.63) is 90.2 Å². The van der Waals surface area contributed by atoms with E-state index < -0.39 is 0 Å². The van der Waals surface area contributed by atoms with Gasteiger partial charge in [0, 0.05) is 55.2 Å². The maximum absolute atomic E-state index is 13.4. The first-order valence-corrected chi connectivity index (χ1v) is 11.5. The van der Waals surface area contributed by atoms with Gasteiger partial charge < -0.3 is 14.1 Å². The van der Waals surface area contributed by atoms with Crippen molar-refractivity contribution in [3.63, 3.8) is 0 Å². The van der Waals surface area contributed by atoms with Crippen LogP contribution in [0.1, 0.15) is 21.5 Å². The number of methoxy groups -OCH3 is 1. The number of hydrogen-bond donors (Lipinski definition) is 0. The van der Waals surface area contributed by atoms with Crippen molar-refractivity contribution in [3.8, 4) is 28.0 Å². The minimum absolute atomic E-state index is 0.00961. The molecule has 1 aliphatic heterocycles. The molecule has 6 rings (SSSR count). The molecule has 0 fully saturated rings. The van der Waals surface area contributed by atoms with Crippen LogP contribution in [0.25, 0.3) is 33.2 Å². The number of ether oxygens (including phenoxy) is 1. The SMILES string of the molecule is COc1cc(-c2coc3cc(-c4cnn(C)c4)ccc23)cc2c1C(=O)N(Cc1ccncc1)CC2. The Labute approximate surface area is 202 Å². The summed E-state index contributed by atoms with van der Waals surface area (Å²) < 4.78 is 13.4. The molecule has 0 bridgehead atoms. The van der Waals surface area contributed by atoms with E-state index >= 15 is 0 Å². The molecule has 0 spiro atoms. The Morgan fingerprint density at radius 2 is 1.91 bits per heavy atom. The average Bonchev–Trinajstić information content (AvgIpc) is 3.51. The first-order chi connectivity index (χ1) is 17.1. The number of hydrogen-bond acceptors (Lipinski definition) is 5. The summed E-state index contributed by atoms with van der Waals surface area (Å²) in [6, 6.07) is 14.1. The molecule has 0 unspecified atom stereocenters. The van der Waals surface area contributed by atoms with E-state index in [-0.39, 0.29) is 5.91 Å². The van der Waals surface area contributed by atoms with E-state index in [1.54, 1.807) is 30.4 Å². The van der Waals surface area contributed by atoms with Crippen LogP contribution in [0.3, 0.4) is 0 Å². The number of fused-ring (bicyclic) bond motifs is 2. The Morgan fingerprint density at radius 3 is 2.69 bits per heavy atom. The van der Waals surface area contributed by atoms with Gasteiger partial charge >= 0.3 is 0 Å².